The molecule has 34 heavy (non-hydrogen) atoms. The molecule has 0 aromatic heterocycles. The van der Waals surface area contributed by atoms with Crippen LogP contribution in [-0.2, 0) is 28.0 Å². The van der Waals surface area contributed by atoms with Crippen molar-refractivity contribution in [1.82, 2.24) is 0 Å². The lowest BCUT2D eigenvalue weighted by atomic mass is 9.69. The number of carboxylic acid groups (broad SMARTS) is 2. The molecule has 0 amide bonds. The Kier molecular flexibility index (Phi) is 7.40. The fourth-order valence-electron chi connectivity index (χ4n) is 4.43. The first kappa shape index (κ1) is 25.0. The minimum Gasteiger partial charge on any atom is -0.489 e. The molecule has 0 radical (unpaired) electrons. The fourth-order valence-corrected chi connectivity index (χ4v) is 4.43. The van der Waals surface area contributed by atoms with Crippen molar-refractivity contribution in [3.63, 3.8) is 0 Å². The molecule has 178 valence electrons. The van der Waals surface area contributed by atoms with Crippen LogP contribution in [0.3, 0.4) is 0 Å². The number of hydrogen-bond donors (Lipinski definition) is 2. The van der Waals surface area contributed by atoms with Gasteiger partial charge in [0.1, 0.15) is 17.8 Å². The largest absolute Gasteiger partial charge is 0.489 e. The Morgan fingerprint density at radius 1 is 1.06 bits per heavy atom. The number of hydrogen-bond acceptors (Lipinski definition) is 4. The number of aryl methyl sites for hydroxylation is 2. The summed E-state index contributed by atoms with van der Waals surface area (Å²) < 4.78 is 6.13. The first-order valence-electron chi connectivity index (χ1n) is 11.4. The zero-order valence-corrected chi connectivity index (χ0v) is 20.0. The van der Waals surface area contributed by atoms with Gasteiger partial charge in [0.15, 0.2) is 5.78 Å². The number of benzene rings is 2. The van der Waals surface area contributed by atoms with E-state index in [9.17, 15) is 24.6 Å². The number of carbonyl (C=O) groups is 3. The predicted molar refractivity (Wildman–Crippen MR) is 129 cm³/mol. The van der Waals surface area contributed by atoms with Crippen molar-refractivity contribution in [2.24, 2.45) is 0 Å². The van der Waals surface area contributed by atoms with E-state index in [2.05, 4.69) is 0 Å². The van der Waals surface area contributed by atoms with E-state index in [1.54, 1.807) is 49.4 Å². The van der Waals surface area contributed by atoms with Crippen LogP contribution in [0.15, 0.2) is 59.7 Å². The molecule has 0 saturated carbocycles. The molecule has 2 aromatic carbocycles. The lowest BCUT2D eigenvalue weighted by molar-refractivity contribution is -0.142. The number of Topliss-reactive ketones (excluding diaryl/α,β-unsaturated/α-hetero) is 1. The molecule has 0 fully saturated rings. The molecule has 0 bridgehead atoms. The number of aliphatic carboxylic acids is 2. The third-order valence-electron chi connectivity index (χ3n) is 6.51. The van der Waals surface area contributed by atoms with Gasteiger partial charge in [0.2, 0.25) is 0 Å². The van der Waals surface area contributed by atoms with E-state index in [0.717, 1.165) is 16.7 Å². The molecule has 0 heterocycles. The second kappa shape index (κ2) is 10.1. The third kappa shape index (κ3) is 4.67. The molecule has 2 N–H and O–H groups in total. The van der Waals surface area contributed by atoms with Gasteiger partial charge in [-0.05, 0) is 66.3 Å². The SMILES string of the molecule is CCC(=O)c1ccc(OCc2c(CC)cccc2C2(C(=O)O)C=CC(C)=C(C(=O)O)C2)c(C)c1. The molecular weight excluding hydrogens is 432 g/mol. The first-order valence-corrected chi connectivity index (χ1v) is 11.4. The van der Waals surface area contributed by atoms with Crippen LogP contribution in [0.2, 0.25) is 0 Å². The molecule has 0 spiro atoms. The van der Waals surface area contributed by atoms with Gasteiger partial charge < -0.3 is 14.9 Å². The molecule has 6 nitrogen and oxygen atoms in total. The van der Waals surface area contributed by atoms with Crippen molar-refractivity contribution < 1.29 is 29.3 Å². The Morgan fingerprint density at radius 3 is 2.38 bits per heavy atom. The summed E-state index contributed by atoms with van der Waals surface area (Å²) in [6, 6.07) is 10.8. The predicted octanol–water partition coefficient (Wildman–Crippen LogP) is 5.41. The maximum Gasteiger partial charge on any atom is 0.331 e. The summed E-state index contributed by atoms with van der Waals surface area (Å²) in [4.78, 5) is 36.5. The zero-order chi connectivity index (χ0) is 25.0. The molecule has 1 atom stereocenters. The normalized spacial score (nSPS) is 17.5. The van der Waals surface area contributed by atoms with Gasteiger partial charge in [-0.3, -0.25) is 9.59 Å². The lowest BCUT2D eigenvalue weighted by Crippen LogP contribution is -2.38. The van der Waals surface area contributed by atoms with Crippen LogP contribution in [0.4, 0.5) is 0 Å². The number of carbonyl (C=O) groups excluding carboxylic acids is 1. The van der Waals surface area contributed by atoms with E-state index < -0.39 is 17.4 Å². The molecule has 3 rings (SSSR count). The second-order valence-corrected chi connectivity index (χ2v) is 8.60. The van der Waals surface area contributed by atoms with Gasteiger partial charge in [0, 0.05) is 24.0 Å². The smallest absolute Gasteiger partial charge is 0.331 e. The molecule has 2 aromatic rings. The van der Waals surface area contributed by atoms with Crippen LogP contribution in [0.25, 0.3) is 0 Å². The lowest BCUT2D eigenvalue weighted by Gasteiger charge is -2.33. The van der Waals surface area contributed by atoms with Crippen molar-refractivity contribution in [1.29, 1.82) is 0 Å². The Hall–Kier alpha value is -3.67. The summed E-state index contributed by atoms with van der Waals surface area (Å²) >= 11 is 0. The van der Waals surface area contributed by atoms with Crippen LogP contribution in [0.1, 0.15) is 66.2 Å². The molecule has 0 saturated heterocycles. The minimum atomic E-state index is -1.51. The van der Waals surface area contributed by atoms with Crippen molar-refractivity contribution in [2.45, 2.75) is 59.0 Å². The number of carboxylic acids is 2. The fraction of sp³-hybridized carbons (Fsp3) is 0.321. The Balaban J connectivity index is 2.04. The van der Waals surface area contributed by atoms with Gasteiger partial charge >= 0.3 is 11.9 Å². The van der Waals surface area contributed by atoms with Crippen LogP contribution in [0.5, 0.6) is 5.75 Å². The summed E-state index contributed by atoms with van der Waals surface area (Å²) in [6.07, 6.45) is 4.11. The highest BCUT2D eigenvalue weighted by Gasteiger charge is 2.44. The summed E-state index contributed by atoms with van der Waals surface area (Å²) in [7, 11) is 0. The van der Waals surface area contributed by atoms with Gasteiger partial charge in [-0.25, -0.2) is 4.79 Å². The van der Waals surface area contributed by atoms with Gasteiger partial charge in [0.05, 0.1) is 0 Å². The minimum absolute atomic E-state index is 0.0540. The maximum atomic E-state index is 12.6. The highest BCUT2D eigenvalue weighted by Crippen LogP contribution is 2.41. The van der Waals surface area contributed by atoms with E-state index in [4.69, 9.17) is 4.74 Å². The Labute approximate surface area is 199 Å². The molecule has 1 unspecified atom stereocenters. The van der Waals surface area contributed by atoms with Gasteiger partial charge in [-0.15, -0.1) is 0 Å². The van der Waals surface area contributed by atoms with Crippen molar-refractivity contribution in [3.05, 3.63) is 87.5 Å². The van der Waals surface area contributed by atoms with Crippen LogP contribution in [-0.4, -0.2) is 27.9 Å². The first-order chi connectivity index (χ1) is 16.1. The van der Waals surface area contributed by atoms with E-state index in [-0.39, 0.29) is 24.4 Å². The highest BCUT2D eigenvalue weighted by atomic mass is 16.5. The van der Waals surface area contributed by atoms with Crippen LogP contribution >= 0.6 is 0 Å². The zero-order valence-electron chi connectivity index (χ0n) is 20.0. The summed E-state index contributed by atoms with van der Waals surface area (Å²) in [6.45, 7) is 7.46. The Bertz CT molecular complexity index is 1200. The quantitative estimate of drug-likeness (QED) is 0.483. The average Bonchev–Trinajstić information content (AvgIpc) is 2.82. The van der Waals surface area contributed by atoms with Gasteiger partial charge in [-0.2, -0.15) is 0 Å². The molecule has 0 aliphatic heterocycles. The second-order valence-electron chi connectivity index (χ2n) is 8.60. The van der Waals surface area contributed by atoms with Crippen LogP contribution < -0.4 is 4.74 Å². The van der Waals surface area contributed by atoms with E-state index in [1.165, 1.54) is 0 Å². The van der Waals surface area contributed by atoms with Crippen LogP contribution in [0, 0.1) is 6.92 Å². The molecular formula is C28H30O6. The summed E-state index contributed by atoms with van der Waals surface area (Å²) in [5.41, 5.74) is 2.76. The van der Waals surface area contributed by atoms with E-state index in [1.807, 2.05) is 26.8 Å². The van der Waals surface area contributed by atoms with E-state index >= 15 is 0 Å². The van der Waals surface area contributed by atoms with E-state index in [0.29, 0.717) is 35.3 Å². The number of rotatable bonds is 9. The average molecular weight is 463 g/mol. The topological polar surface area (TPSA) is 101 Å². The van der Waals surface area contributed by atoms with Gasteiger partial charge in [0.25, 0.3) is 0 Å². The number of ether oxygens (including phenoxy) is 1. The summed E-state index contributed by atoms with van der Waals surface area (Å²) in [5.74, 6) is -1.56. The number of allylic oxidation sites excluding steroid dienone is 2. The van der Waals surface area contributed by atoms with Crippen molar-refractivity contribution in [3.8, 4) is 5.75 Å². The van der Waals surface area contributed by atoms with Gasteiger partial charge in [-0.1, -0.05) is 44.2 Å². The third-order valence-corrected chi connectivity index (χ3v) is 6.51. The molecule has 1 aliphatic carbocycles. The highest BCUT2D eigenvalue weighted by molar-refractivity contribution is 5.96. The van der Waals surface area contributed by atoms with Crippen molar-refractivity contribution >= 4 is 17.7 Å². The van der Waals surface area contributed by atoms with Crippen molar-refractivity contribution in [2.75, 3.05) is 0 Å². The maximum absolute atomic E-state index is 12.6. The molecule has 1 aliphatic rings. The number of ketones is 1. The summed E-state index contributed by atoms with van der Waals surface area (Å²) in [5, 5.41) is 20.0. The standard InChI is InChI=1S/C28H30O6/c1-5-19-8-7-9-23(28(27(32)33)13-12-17(3)21(15-28)26(30)31)22(19)16-34-25-11-10-20(14-18(25)4)24(29)6-2/h7-14H,5-6,15-16H2,1-4H3,(H,30,31)(H,32,33). The Morgan fingerprint density at radius 2 is 1.79 bits per heavy atom. The molecule has 6 heteroatoms. The monoisotopic (exact) mass is 462 g/mol.